The van der Waals surface area contributed by atoms with Crippen LogP contribution in [0.15, 0.2) is 42.6 Å². The quantitative estimate of drug-likeness (QED) is 0.838. The van der Waals surface area contributed by atoms with Gasteiger partial charge in [0.05, 0.1) is 6.04 Å². The zero-order valence-corrected chi connectivity index (χ0v) is 16.1. The molecule has 6 heteroatoms. The zero-order chi connectivity index (χ0) is 18.9. The smallest absolute Gasteiger partial charge is 0.232 e. The van der Waals surface area contributed by atoms with Crippen molar-refractivity contribution in [1.82, 2.24) is 14.8 Å². The number of aromatic nitrogens is 1. The third-order valence-electron chi connectivity index (χ3n) is 4.35. The molecule has 0 spiro atoms. The molecule has 1 aromatic carbocycles. The van der Waals surface area contributed by atoms with Gasteiger partial charge in [0, 0.05) is 35.5 Å². The van der Waals surface area contributed by atoms with E-state index in [0.29, 0.717) is 18.1 Å². The zero-order valence-electron chi connectivity index (χ0n) is 15.3. The van der Waals surface area contributed by atoms with Crippen LogP contribution in [0.5, 0.6) is 0 Å². The predicted molar refractivity (Wildman–Crippen MR) is 102 cm³/mol. The fourth-order valence-corrected chi connectivity index (χ4v) is 3.58. The molecule has 2 heterocycles. The Morgan fingerprint density at radius 3 is 2.65 bits per heavy atom. The molecule has 1 aromatic heterocycles. The Morgan fingerprint density at radius 2 is 1.96 bits per heavy atom. The number of nitrogens with zero attached hydrogens (tertiary/aromatic N) is 2. The minimum Gasteiger partial charge on any atom is -0.351 e. The van der Waals surface area contributed by atoms with E-state index in [-0.39, 0.29) is 29.8 Å². The molecule has 1 N–H and O–H groups in total. The van der Waals surface area contributed by atoms with E-state index in [4.69, 9.17) is 11.6 Å². The van der Waals surface area contributed by atoms with Crippen LogP contribution in [0.25, 0.3) is 0 Å². The second kappa shape index (κ2) is 7.16. The molecule has 0 aliphatic carbocycles. The minimum atomic E-state index is -0.361. The van der Waals surface area contributed by atoms with Gasteiger partial charge >= 0.3 is 0 Å². The summed E-state index contributed by atoms with van der Waals surface area (Å²) in [6, 6.07) is 11.3. The lowest BCUT2D eigenvalue weighted by atomic mass is 9.99. The third kappa shape index (κ3) is 4.10. The molecule has 5 nitrogen and oxygen atoms in total. The number of fused-ring (bicyclic) bond motifs is 1. The van der Waals surface area contributed by atoms with Crippen molar-refractivity contribution in [2.24, 2.45) is 0 Å². The summed E-state index contributed by atoms with van der Waals surface area (Å²) in [6.07, 6.45) is 1.86. The van der Waals surface area contributed by atoms with Gasteiger partial charge in [-0.3, -0.25) is 9.59 Å². The molecule has 1 aliphatic heterocycles. The SMILES string of the molecule is CC(C)(C)NC(=O)CC(=O)N1CCn2cccc2[C@@H]1c1cccc(Cl)c1. The number of carbonyl (C=O) groups excluding carboxylic acids is 2. The summed E-state index contributed by atoms with van der Waals surface area (Å²) in [7, 11) is 0. The highest BCUT2D eigenvalue weighted by atomic mass is 35.5. The fraction of sp³-hybridized carbons (Fsp3) is 0.400. The van der Waals surface area contributed by atoms with E-state index >= 15 is 0 Å². The van der Waals surface area contributed by atoms with Crippen molar-refractivity contribution in [3.8, 4) is 0 Å². The number of rotatable bonds is 3. The van der Waals surface area contributed by atoms with Gasteiger partial charge in [-0.1, -0.05) is 23.7 Å². The van der Waals surface area contributed by atoms with Gasteiger partial charge in [-0.15, -0.1) is 0 Å². The molecule has 3 rings (SSSR count). The first-order valence-electron chi connectivity index (χ1n) is 8.75. The van der Waals surface area contributed by atoms with Crippen molar-refractivity contribution in [1.29, 1.82) is 0 Å². The standard InChI is InChI=1S/C20H24ClN3O2/c1-20(2,3)22-17(25)13-18(26)24-11-10-23-9-5-8-16(23)19(24)14-6-4-7-15(21)12-14/h4-9,12,19H,10-11,13H2,1-3H3,(H,22,25)/t19-/m0/s1. The molecular formula is C20H24ClN3O2. The van der Waals surface area contributed by atoms with Crippen LogP contribution in [0, 0.1) is 0 Å². The summed E-state index contributed by atoms with van der Waals surface area (Å²) in [5, 5.41) is 3.48. The van der Waals surface area contributed by atoms with E-state index in [1.54, 1.807) is 4.90 Å². The maximum atomic E-state index is 12.9. The number of nitrogens with one attached hydrogen (secondary N) is 1. The molecule has 0 saturated heterocycles. The average Bonchev–Trinajstić information content (AvgIpc) is 3.00. The van der Waals surface area contributed by atoms with Crippen molar-refractivity contribution in [3.05, 3.63) is 58.9 Å². The number of benzene rings is 1. The highest BCUT2D eigenvalue weighted by Gasteiger charge is 2.33. The monoisotopic (exact) mass is 373 g/mol. The van der Waals surface area contributed by atoms with Gasteiger partial charge in [0.15, 0.2) is 0 Å². The van der Waals surface area contributed by atoms with E-state index in [1.165, 1.54) is 0 Å². The van der Waals surface area contributed by atoms with Crippen LogP contribution in [-0.4, -0.2) is 33.4 Å². The van der Waals surface area contributed by atoms with Crippen LogP contribution in [0.1, 0.15) is 44.5 Å². The third-order valence-corrected chi connectivity index (χ3v) is 4.58. The number of hydrogen-bond donors (Lipinski definition) is 1. The van der Waals surface area contributed by atoms with Crippen LogP contribution in [0.3, 0.4) is 0 Å². The van der Waals surface area contributed by atoms with Crippen molar-refractivity contribution >= 4 is 23.4 Å². The average molecular weight is 374 g/mol. The number of hydrogen-bond acceptors (Lipinski definition) is 2. The van der Waals surface area contributed by atoms with E-state index in [1.807, 2.05) is 63.4 Å². The first-order valence-corrected chi connectivity index (χ1v) is 9.13. The van der Waals surface area contributed by atoms with Gasteiger partial charge in [-0.25, -0.2) is 0 Å². The molecule has 0 radical (unpaired) electrons. The van der Waals surface area contributed by atoms with Gasteiger partial charge in [0.2, 0.25) is 11.8 Å². The lowest BCUT2D eigenvalue weighted by molar-refractivity contribution is -0.138. The summed E-state index contributed by atoms with van der Waals surface area (Å²) in [4.78, 5) is 26.9. The van der Waals surface area contributed by atoms with Crippen molar-refractivity contribution in [2.75, 3.05) is 6.54 Å². The molecule has 26 heavy (non-hydrogen) atoms. The van der Waals surface area contributed by atoms with E-state index < -0.39 is 0 Å². The highest BCUT2D eigenvalue weighted by molar-refractivity contribution is 6.30. The van der Waals surface area contributed by atoms with Crippen molar-refractivity contribution < 1.29 is 9.59 Å². The van der Waals surface area contributed by atoms with Crippen LogP contribution < -0.4 is 5.32 Å². The molecule has 2 aromatic rings. The topological polar surface area (TPSA) is 54.3 Å². The normalized spacial score (nSPS) is 16.9. The Balaban J connectivity index is 1.88. The maximum absolute atomic E-state index is 12.9. The van der Waals surface area contributed by atoms with Gasteiger partial charge in [-0.2, -0.15) is 0 Å². The lowest BCUT2D eigenvalue weighted by Crippen LogP contribution is -2.46. The molecule has 1 atom stereocenters. The summed E-state index contributed by atoms with van der Waals surface area (Å²) < 4.78 is 2.14. The summed E-state index contributed by atoms with van der Waals surface area (Å²) in [6.45, 7) is 6.97. The van der Waals surface area contributed by atoms with E-state index in [2.05, 4.69) is 9.88 Å². The summed E-state index contributed by atoms with van der Waals surface area (Å²) >= 11 is 6.17. The van der Waals surface area contributed by atoms with Crippen molar-refractivity contribution in [2.45, 2.75) is 45.3 Å². The van der Waals surface area contributed by atoms with Crippen LogP contribution in [-0.2, 0) is 16.1 Å². The number of halogens is 1. The van der Waals surface area contributed by atoms with Crippen LogP contribution in [0.2, 0.25) is 5.02 Å². The maximum Gasteiger partial charge on any atom is 0.232 e. The molecule has 0 saturated carbocycles. The van der Waals surface area contributed by atoms with E-state index in [9.17, 15) is 9.59 Å². The van der Waals surface area contributed by atoms with Gasteiger partial charge in [0.25, 0.3) is 0 Å². The minimum absolute atomic E-state index is 0.158. The summed E-state index contributed by atoms with van der Waals surface area (Å²) in [5.41, 5.74) is 1.62. The Labute approximate surface area is 158 Å². The Hall–Kier alpha value is -2.27. The van der Waals surface area contributed by atoms with Crippen LogP contribution >= 0.6 is 11.6 Å². The molecule has 0 bridgehead atoms. The van der Waals surface area contributed by atoms with Gasteiger partial charge in [-0.05, 0) is 50.6 Å². The molecular weight excluding hydrogens is 350 g/mol. The summed E-state index contributed by atoms with van der Waals surface area (Å²) in [5.74, 6) is -0.433. The predicted octanol–water partition coefficient (Wildman–Crippen LogP) is 3.38. The van der Waals surface area contributed by atoms with Gasteiger partial charge < -0.3 is 14.8 Å². The first kappa shape index (κ1) is 18.5. The molecule has 0 unspecified atom stereocenters. The largest absolute Gasteiger partial charge is 0.351 e. The number of amides is 2. The molecule has 0 fully saturated rings. The Bertz CT molecular complexity index is 822. The molecule has 2 amide bonds. The second-order valence-electron chi connectivity index (χ2n) is 7.65. The highest BCUT2D eigenvalue weighted by Crippen LogP contribution is 2.33. The first-order chi connectivity index (χ1) is 12.2. The van der Waals surface area contributed by atoms with Crippen LogP contribution in [0.4, 0.5) is 0 Å². The Kier molecular flexibility index (Phi) is 5.10. The number of carbonyl (C=O) groups is 2. The second-order valence-corrected chi connectivity index (χ2v) is 8.08. The molecule has 138 valence electrons. The Morgan fingerprint density at radius 1 is 1.19 bits per heavy atom. The molecule has 1 aliphatic rings. The fourth-order valence-electron chi connectivity index (χ4n) is 3.38. The van der Waals surface area contributed by atoms with Gasteiger partial charge in [0.1, 0.15) is 6.42 Å². The lowest BCUT2D eigenvalue weighted by Gasteiger charge is -2.37. The van der Waals surface area contributed by atoms with E-state index in [0.717, 1.165) is 11.3 Å². The van der Waals surface area contributed by atoms with Crippen molar-refractivity contribution in [3.63, 3.8) is 0 Å².